The molecule has 0 aromatic heterocycles. The second kappa shape index (κ2) is 10.5. The summed E-state index contributed by atoms with van der Waals surface area (Å²) in [5.74, 6) is -1.47. The molecular weight excluding hydrogens is 284 g/mol. The number of hydrogen-bond donors (Lipinski definition) is 4. The second-order valence-corrected chi connectivity index (χ2v) is 5.54. The van der Waals surface area contributed by atoms with E-state index in [2.05, 4.69) is 0 Å². The van der Waals surface area contributed by atoms with E-state index in [1.807, 2.05) is 20.8 Å². The largest absolute Gasteiger partial charge is 0.479 e. The van der Waals surface area contributed by atoms with E-state index in [1.54, 1.807) is 26.8 Å². The molecule has 0 aromatic rings. The molecule has 0 aliphatic rings. The number of rotatable bonds is 8. The number of carboxylic acids is 1. The molecule has 1 atom stereocenters. The molecule has 5 heteroatoms. The molecule has 5 nitrogen and oxygen atoms in total. The molecule has 1 unspecified atom stereocenters. The zero-order valence-corrected chi connectivity index (χ0v) is 14.7. The molecule has 22 heavy (non-hydrogen) atoms. The van der Waals surface area contributed by atoms with Gasteiger partial charge in [-0.3, -0.25) is 0 Å². The Hall–Kier alpha value is -1.17. The van der Waals surface area contributed by atoms with Crippen LogP contribution in [0, 0.1) is 0 Å². The van der Waals surface area contributed by atoms with Crippen LogP contribution in [-0.4, -0.2) is 44.2 Å². The minimum atomic E-state index is -2.25. The van der Waals surface area contributed by atoms with Crippen LogP contribution in [0.3, 0.4) is 0 Å². The first-order chi connectivity index (χ1) is 10.1. The number of hydrogen-bond acceptors (Lipinski definition) is 4. The normalized spacial score (nSPS) is 15.7. The van der Waals surface area contributed by atoms with Crippen molar-refractivity contribution >= 4 is 5.97 Å². The first-order valence-corrected chi connectivity index (χ1v) is 7.78. The van der Waals surface area contributed by atoms with Crippen LogP contribution >= 0.6 is 0 Å². The fourth-order valence-corrected chi connectivity index (χ4v) is 1.93. The van der Waals surface area contributed by atoms with Gasteiger partial charge in [0.25, 0.3) is 0 Å². The van der Waals surface area contributed by atoms with E-state index in [1.165, 1.54) is 6.08 Å². The summed E-state index contributed by atoms with van der Waals surface area (Å²) in [7, 11) is 0. The molecule has 0 aliphatic heterocycles. The van der Waals surface area contributed by atoms with E-state index in [-0.39, 0.29) is 5.57 Å². The zero-order chi connectivity index (χ0) is 18.0. The van der Waals surface area contributed by atoms with E-state index in [9.17, 15) is 15.0 Å². The average Bonchev–Trinajstić information content (AvgIpc) is 2.46. The first kappa shape index (κ1) is 23.1. The predicted octanol–water partition coefficient (Wildman–Crippen LogP) is 2.65. The molecule has 0 heterocycles. The van der Waals surface area contributed by atoms with E-state index in [0.29, 0.717) is 19.3 Å². The molecular formula is C17H32O5. The van der Waals surface area contributed by atoms with Gasteiger partial charge in [0, 0.05) is 0 Å². The van der Waals surface area contributed by atoms with Crippen molar-refractivity contribution in [2.24, 2.45) is 0 Å². The quantitative estimate of drug-likeness (QED) is 0.516. The maximum atomic E-state index is 11.1. The molecule has 4 N–H and O–H groups in total. The van der Waals surface area contributed by atoms with Gasteiger partial charge in [0.05, 0.1) is 12.2 Å². The summed E-state index contributed by atoms with van der Waals surface area (Å²) in [5, 5.41) is 37.9. The number of allylic oxidation sites excluding steroid dienone is 2. The summed E-state index contributed by atoms with van der Waals surface area (Å²) >= 11 is 0. The Balaban J connectivity index is 0. The van der Waals surface area contributed by atoms with Crippen molar-refractivity contribution in [1.82, 2.24) is 0 Å². The van der Waals surface area contributed by atoms with Crippen LogP contribution < -0.4 is 0 Å². The number of carbonyl (C=O) groups is 1. The SMILES string of the molecule is CC.CC/C(=C\C=C(/CC)C(O)(CO)C(=O)O)CC(C)(C)O. The van der Waals surface area contributed by atoms with Gasteiger partial charge >= 0.3 is 5.97 Å². The molecule has 0 aromatic carbocycles. The van der Waals surface area contributed by atoms with Gasteiger partial charge in [-0.15, -0.1) is 0 Å². The molecule has 0 amide bonds. The van der Waals surface area contributed by atoms with Crippen LogP contribution in [0.1, 0.15) is 60.8 Å². The molecule has 0 spiro atoms. The van der Waals surface area contributed by atoms with Gasteiger partial charge in [0.1, 0.15) is 0 Å². The van der Waals surface area contributed by atoms with E-state index in [4.69, 9.17) is 10.2 Å². The summed E-state index contributed by atoms with van der Waals surface area (Å²) in [6.07, 6.45) is 4.71. The summed E-state index contributed by atoms with van der Waals surface area (Å²) in [4.78, 5) is 11.1. The Kier molecular flexibility index (Phi) is 11.1. The Morgan fingerprint density at radius 2 is 1.55 bits per heavy atom. The minimum absolute atomic E-state index is 0.231. The van der Waals surface area contributed by atoms with Crippen molar-refractivity contribution in [2.75, 3.05) is 6.61 Å². The van der Waals surface area contributed by atoms with Gasteiger partial charge < -0.3 is 20.4 Å². The number of aliphatic hydroxyl groups excluding tert-OH is 1. The molecule has 0 aliphatic carbocycles. The van der Waals surface area contributed by atoms with Crippen LogP contribution in [0.5, 0.6) is 0 Å². The van der Waals surface area contributed by atoms with Crippen molar-refractivity contribution in [3.8, 4) is 0 Å². The average molecular weight is 316 g/mol. The maximum Gasteiger partial charge on any atom is 0.342 e. The van der Waals surface area contributed by atoms with E-state index < -0.39 is 23.8 Å². The standard InChI is InChI=1S/C15H26O5.C2H6/c1-5-11(9-14(3,4)19)7-8-12(6-2)15(20,10-16)13(17)18;1-2/h7-8,16,19-20H,5-6,9-10H2,1-4H3,(H,17,18);1-2H3/b11-7+,12-8+;. The Morgan fingerprint density at radius 3 is 1.82 bits per heavy atom. The molecule has 0 fully saturated rings. The highest BCUT2D eigenvalue weighted by Crippen LogP contribution is 2.23. The molecule has 130 valence electrons. The topological polar surface area (TPSA) is 98.0 Å². The van der Waals surface area contributed by atoms with Gasteiger partial charge in [-0.05, 0) is 38.7 Å². The predicted molar refractivity (Wildman–Crippen MR) is 88.7 cm³/mol. The highest BCUT2D eigenvalue weighted by Gasteiger charge is 2.38. The highest BCUT2D eigenvalue weighted by molar-refractivity contribution is 5.81. The van der Waals surface area contributed by atoms with E-state index in [0.717, 1.165) is 5.57 Å². The summed E-state index contributed by atoms with van der Waals surface area (Å²) in [6, 6.07) is 0. The number of aliphatic hydroxyl groups is 3. The van der Waals surface area contributed by atoms with Crippen LogP contribution in [-0.2, 0) is 4.79 Å². The zero-order valence-electron chi connectivity index (χ0n) is 14.7. The van der Waals surface area contributed by atoms with Crippen molar-refractivity contribution in [3.63, 3.8) is 0 Å². The fourth-order valence-electron chi connectivity index (χ4n) is 1.93. The second-order valence-electron chi connectivity index (χ2n) is 5.54. The van der Waals surface area contributed by atoms with Crippen LogP contribution in [0.25, 0.3) is 0 Å². The summed E-state index contributed by atoms with van der Waals surface area (Å²) < 4.78 is 0. The minimum Gasteiger partial charge on any atom is -0.479 e. The smallest absolute Gasteiger partial charge is 0.342 e. The molecule has 0 radical (unpaired) electrons. The lowest BCUT2D eigenvalue weighted by Gasteiger charge is -2.23. The first-order valence-electron chi connectivity index (χ1n) is 7.78. The van der Waals surface area contributed by atoms with Crippen LogP contribution in [0.4, 0.5) is 0 Å². The lowest BCUT2D eigenvalue weighted by atomic mass is 9.90. The van der Waals surface area contributed by atoms with E-state index >= 15 is 0 Å². The van der Waals surface area contributed by atoms with Crippen molar-refractivity contribution in [1.29, 1.82) is 0 Å². The van der Waals surface area contributed by atoms with Crippen molar-refractivity contribution in [3.05, 3.63) is 23.3 Å². The summed E-state index contributed by atoms with van der Waals surface area (Å²) in [5.41, 5.74) is -1.93. The van der Waals surface area contributed by atoms with Gasteiger partial charge in [0.2, 0.25) is 5.60 Å². The Bertz CT molecular complexity index is 390. The molecule has 0 rings (SSSR count). The third-order valence-electron chi connectivity index (χ3n) is 3.13. The Morgan fingerprint density at radius 1 is 1.05 bits per heavy atom. The van der Waals surface area contributed by atoms with Gasteiger partial charge in [-0.2, -0.15) is 0 Å². The fraction of sp³-hybridized carbons (Fsp3) is 0.706. The number of carboxylic acid groups (broad SMARTS) is 1. The highest BCUT2D eigenvalue weighted by atomic mass is 16.4. The third kappa shape index (κ3) is 7.73. The lowest BCUT2D eigenvalue weighted by Crippen LogP contribution is -2.44. The van der Waals surface area contributed by atoms with Crippen molar-refractivity contribution in [2.45, 2.75) is 72.0 Å². The summed E-state index contributed by atoms with van der Waals surface area (Å²) in [6.45, 7) is 10.2. The Labute approximate surface area is 134 Å². The third-order valence-corrected chi connectivity index (χ3v) is 3.13. The lowest BCUT2D eigenvalue weighted by molar-refractivity contribution is -0.158. The van der Waals surface area contributed by atoms with Crippen molar-refractivity contribution < 1.29 is 25.2 Å². The molecule has 0 bridgehead atoms. The molecule has 0 saturated heterocycles. The maximum absolute atomic E-state index is 11.1. The van der Waals surface area contributed by atoms with Gasteiger partial charge in [-0.1, -0.05) is 45.4 Å². The van der Waals surface area contributed by atoms with Gasteiger partial charge in [0.15, 0.2) is 0 Å². The van der Waals surface area contributed by atoms with Crippen LogP contribution in [0.15, 0.2) is 23.3 Å². The van der Waals surface area contributed by atoms with Gasteiger partial charge in [-0.25, -0.2) is 4.79 Å². The monoisotopic (exact) mass is 316 g/mol. The number of aliphatic carboxylic acids is 1. The van der Waals surface area contributed by atoms with Crippen LogP contribution in [0.2, 0.25) is 0 Å². The molecule has 0 saturated carbocycles.